The molecule has 10 heteroatoms. The number of benzene rings is 1. The number of fused-ring (bicyclic) bond motifs is 1. The number of halogens is 2. The van der Waals surface area contributed by atoms with Crippen LogP contribution in [0.3, 0.4) is 0 Å². The smallest absolute Gasteiger partial charge is 0.234 e. The molecular weight excluding hydrogens is 453 g/mol. The van der Waals surface area contributed by atoms with Crippen molar-refractivity contribution in [3.63, 3.8) is 0 Å². The van der Waals surface area contributed by atoms with Crippen LogP contribution in [0.25, 0.3) is 5.65 Å². The predicted molar refractivity (Wildman–Crippen MR) is 119 cm³/mol. The number of imide groups is 1. The largest absolute Gasteiger partial charge is 0.351 e. The molecule has 3 heterocycles. The highest BCUT2D eigenvalue weighted by Gasteiger charge is 2.32. The minimum atomic E-state index is -0.812. The molecule has 1 fully saturated rings. The first-order valence-electron chi connectivity index (χ1n) is 10.1. The van der Waals surface area contributed by atoms with Crippen molar-refractivity contribution in [3.05, 3.63) is 63.5 Å². The number of nitrogens with one attached hydrogen (secondary N) is 2. The molecule has 1 aliphatic heterocycles. The van der Waals surface area contributed by atoms with Crippen molar-refractivity contribution in [1.82, 2.24) is 25.2 Å². The summed E-state index contributed by atoms with van der Waals surface area (Å²) in [5, 5.41) is 13.8. The Morgan fingerprint density at radius 2 is 1.97 bits per heavy atom. The van der Waals surface area contributed by atoms with E-state index in [0.29, 0.717) is 33.2 Å². The molecular formula is C22H21Cl2N5O3. The number of carbonyl (C=O) groups excluding carboxylic acids is 3. The monoisotopic (exact) mass is 473 g/mol. The highest BCUT2D eigenvalue weighted by molar-refractivity contribution is 6.36. The Morgan fingerprint density at radius 1 is 1.25 bits per heavy atom. The minimum Gasteiger partial charge on any atom is -0.351 e. The van der Waals surface area contributed by atoms with Crippen molar-refractivity contribution in [2.45, 2.75) is 44.6 Å². The number of hydrogen-bond acceptors (Lipinski definition) is 5. The number of carbonyl (C=O) groups is 3. The van der Waals surface area contributed by atoms with Gasteiger partial charge in [-0.05, 0) is 55.7 Å². The van der Waals surface area contributed by atoms with Gasteiger partial charge in [-0.3, -0.25) is 24.1 Å². The zero-order chi connectivity index (χ0) is 23.0. The number of pyridine rings is 1. The number of nitrogens with zero attached hydrogens (tertiary/aromatic N) is 3. The summed E-state index contributed by atoms with van der Waals surface area (Å²) in [6.07, 6.45) is 3.99. The van der Waals surface area contributed by atoms with Crippen molar-refractivity contribution in [2.75, 3.05) is 0 Å². The van der Waals surface area contributed by atoms with E-state index >= 15 is 0 Å². The highest BCUT2D eigenvalue weighted by Crippen LogP contribution is 2.37. The standard InChI is InChI=1S/C22H21Cl2N5O3/c1-22(2,13-5-6-29-11-26-28-17(29)9-13)21(32)25-10-12-7-15(23)19(16(24)8-12)14-3-4-18(30)27-20(14)31/h5-9,11,14H,3-4,10H2,1-2H3,(H,25,32)(H,27,30,31). The van der Waals surface area contributed by atoms with Gasteiger partial charge in [-0.25, -0.2) is 0 Å². The molecule has 2 N–H and O–H groups in total. The first kappa shape index (κ1) is 22.2. The Labute approximate surface area is 194 Å². The molecule has 8 nitrogen and oxygen atoms in total. The number of piperidine rings is 1. The fourth-order valence-electron chi connectivity index (χ4n) is 3.78. The van der Waals surface area contributed by atoms with E-state index < -0.39 is 17.2 Å². The van der Waals surface area contributed by atoms with Crippen LogP contribution in [0.5, 0.6) is 0 Å². The molecule has 0 radical (unpaired) electrons. The third-order valence-electron chi connectivity index (χ3n) is 5.77. The van der Waals surface area contributed by atoms with Gasteiger partial charge in [0.15, 0.2) is 5.65 Å². The van der Waals surface area contributed by atoms with Crippen LogP contribution in [0.4, 0.5) is 0 Å². The Hall–Kier alpha value is -2.97. The lowest BCUT2D eigenvalue weighted by Gasteiger charge is -2.25. The molecule has 1 saturated heterocycles. The van der Waals surface area contributed by atoms with E-state index in [4.69, 9.17) is 23.2 Å². The average Bonchev–Trinajstić information content (AvgIpc) is 3.21. The molecule has 3 aromatic rings. The van der Waals surface area contributed by atoms with Gasteiger partial charge in [-0.15, -0.1) is 10.2 Å². The van der Waals surface area contributed by atoms with E-state index in [9.17, 15) is 14.4 Å². The number of aromatic nitrogens is 3. The summed E-state index contributed by atoms with van der Waals surface area (Å²) in [5.41, 5.74) is 1.85. The second-order valence-electron chi connectivity index (χ2n) is 8.30. The Balaban J connectivity index is 1.49. The molecule has 1 aromatic carbocycles. The Bertz CT molecular complexity index is 1210. The van der Waals surface area contributed by atoms with Crippen LogP contribution in [0, 0.1) is 0 Å². The highest BCUT2D eigenvalue weighted by atomic mass is 35.5. The van der Waals surface area contributed by atoms with Gasteiger partial charge in [0.05, 0.1) is 11.3 Å². The van der Waals surface area contributed by atoms with Gasteiger partial charge in [0.2, 0.25) is 17.7 Å². The normalized spacial score (nSPS) is 16.8. The van der Waals surface area contributed by atoms with E-state index in [1.165, 1.54) is 0 Å². The summed E-state index contributed by atoms with van der Waals surface area (Å²) in [6.45, 7) is 3.87. The van der Waals surface area contributed by atoms with E-state index in [1.807, 2.05) is 32.2 Å². The molecule has 0 spiro atoms. The summed E-state index contributed by atoms with van der Waals surface area (Å²) in [5.74, 6) is -1.47. The van der Waals surface area contributed by atoms with Crippen molar-refractivity contribution in [3.8, 4) is 0 Å². The van der Waals surface area contributed by atoms with Crippen LogP contribution in [0.15, 0.2) is 36.8 Å². The maximum absolute atomic E-state index is 13.0. The van der Waals surface area contributed by atoms with Crippen LogP contribution >= 0.6 is 23.2 Å². The molecule has 1 aliphatic rings. The zero-order valence-corrected chi connectivity index (χ0v) is 19.0. The molecule has 3 amide bonds. The predicted octanol–water partition coefficient (Wildman–Crippen LogP) is 3.15. The second-order valence-corrected chi connectivity index (χ2v) is 9.11. The topological polar surface area (TPSA) is 105 Å². The summed E-state index contributed by atoms with van der Waals surface area (Å²) in [4.78, 5) is 36.6. The number of rotatable bonds is 5. The van der Waals surface area contributed by atoms with E-state index in [-0.39, 0.29) is 24.8 Å². The van der Waals surface area contributed by atoms with Crippen LogP contribution < -0.4 is 10.6 Å². The Kier molecular flexibility index (Phi) is 5.92. The summed E-state index contributed by atoms with van der Waals surface area (Å²) in [7, 11) is 0. The quantitative estimate of drug-likeness (QED) is 0.553. The maximum atomic E-state index is 13.0. The summed E-state index contributed by atoms with van der Waals surface area (Å²) >= 11 is 12.9. The van der Waals surface area contributed by atoms with Crippen LogP contribution in [-0.4, -0.2) is 32.3 Å². The lowest BCUT2D eigenvalue weighted by atomic mass is 9.84. The van der Waals surface area contributed by atoms with Crippen LogP contribution in [-0.2, 0) is 26.3 Å². The van der Waals surface area contributed by atoms with Crippen molar-refractivity contribution in [2.24, 2.45) is 0 Å². The fourth-order valence-corrected chi connectivity index (χ4v) is 4.58. The Morgan fingerprint density at radius 3 is 2.66 bits per heavy atom. The van der Waals surface area contributed by atoms with Gasteiger partial charge in [-0.2, -0.15) is 0 Å². The van der Waals surface area contributed by atoms with Gasteiger partial charge in [0.1, 0.15) is 6.33 Å². The van der Waals surface area contributed by atoms with Gasteiger partial charge in [0.25, 0.3) is 0 Å². The van der Waals surface area contributed by atoms with Crippen molar-refractivity contribution >= 4 is 46.6 Å². The van der Waals surface area contributed by atoms with Gasteiger partial charge < -0.3 is 5.32 Å². The second kappa shape index (κ2) is 8.52. The van der Waals surface area contributed by atoms with E-state index in [0.717, 1.165) is 5.56 Å². The van der Waals surface area contributed by atoms with Gasteiger partial charge >= 0.3 is 0 Å². The average molecular weight is 474 g/mol. The van der Waals surface area contributed by atoms with Crippen LogP contribution in [0.2, 0.25) is 10.0 Å². The molecule has 1 atom stereocenters. The number of hydrogen-bond donors (Lipinski definition) is 2. The minimum absolute atomic E-state index is 0.178. The summed E-state index contributed by atoms with van der Waals surface area (Å²) < 4.78 is 1.77. The fraction of sp³-hybridized carbons (Fsp3) is 0.318. The third-order valence-corrected chi connectivity index (χ3v) is 6.39. The SMILES string of the molecule is CC(C)(C(=O)NCc1cc(Cl)c(C2CCC(=O)NC2=O)c(Cl)c1)c1ccn2cnnc2c1. The molecule has 0 saturated carbocycles. The molecule has 32 heavy (non-hydrogen) atoms. The lowest BCUT2D eigenvalue weighted by molar-refractivity contribution is -0.134. The number of amides is 3. The van der Waals surface area contributed by atoms with Crippen molar-refractivity contribution in [1.29, 1.82) is 0 Å². The molecule has 1 unspecified atom stereocenters. The summed E-state index contributed by atoms with van der Waals surface area (Å²) in [6, 6.07) is 7.05. The van der Waals surface area contributed by atoms with Gasteiger partial charge in [-0.1, -0.05) is 23.2 Å². The zero-order valence-electron chi connectivity index (χ0n) is 17.5. The van der Waals surface area contributed by atoms with E-state index in [2.05, 4.69) is 20.8 Å². The lowest BCUT2D eigenvalue weighted by Crippen LogP contribution is -2.40. The molecule has 4 rings (SSSR count). The first-order chi connectivity index (χ1) is 15.2. The van der Waals surface area contributed by atoms with E-state index in [1.54, 1.807) is 22.9 Å². The maximum Gasteiger partial charge on any atom is 0.234 e. The molecule has 166 valence electrons. The molecule has 2 aromatic heterocycles. The molecule has 0 aliphatic carbocycles. The molecule has 0 bridgehead atoms. The van der Waals surface area contributed by atoms with Gasteiger partial charge in [0, 0.05) is 34.8 Å². The van der Waals surface area contributed by atoms with Crippen LogP contribution in [0.1, 0.15) is 49.3 Å². The third kappa shape index (κ3) is 4.20. The first-order valence-corrected chi connectivity index (χ1v) is 10.8. The van der Waals surface area contributed by atoms with Crippen molar-refractivity contribution < 1.29 is 14.4 Å².